The number of morpholine rings is 1. The van der Waals surface area contributed by atoms with E-state index < -0.39 is 0 Å². The van der Waals surface area contributed by atoms with Gasteiger partial charge in [0, 0.05) is 35.6 Å². The van der Waals surface area contributed by atoms with Crippen molar-refractivity contribution in [2.45, 2.75) is 50.6 Å². The predicted octanol–water partition coefficient (Wildman–Crippen LogP) is 3.79. The predicted molar refractivity (Wildman–Crippen MR) is 103 cm³/mol. The summed E-state index contributed by atoms with van der Waals surface area (Å²) in [7, 11) is 0. The fraction of sp³-hybridized carbons (Fsp3) is 0.684. The molecule has 5 heteroatoms. The van der Waals surface area contributed by atoms with Crippen LogP contribution >= 0.6 is 24.0 Å². The maximum absolute atomic E-state index is 6.40. The molecule has 2 aliphatic rings. The van der Waals surface area contributed by atoms with Crippen LogP contribution in [0.3, 0.4) is 0 Å². The number of hydrogen-bond donors (Lipinski definition) is 2. The Morgan fingerprint density at radius 3 is 2.79 bits per heavy atom. The first kappa shape index (κ1) is 20.0. The summed E-state index contributed by atoms with van der Waals surface area (Å²) >= 11 is 6.40. The normalized spacial score (nSPS) is 27.7. The Labute approximate surface area is 157 Å². The lowest BCUT2D eigenvalue weighted by molar-refractivity contribution is 0.0522. The zero-order valence-electron chi connectivity index (χ0n) is 14.7. The van der Waals surface area contributed by atoms with Gasteiger partial charge in [-0.1, -0.05) is 50.1 Å². The van der Waals surface area contributed by atoms with Crippen molar-refractivity contribution in [2.75, 3.05) is 26.3 Å². The van der Waals surface area contributed by atoms with Crippen molar-refractivity contribution in [3.05, 3.63) is 34.9 Å². The summed E-state index contributed by atoms with van der Waals surface area (Å²) in [6.45, 7) is 8.18. The molecule has 0 aromatic heterocycles. The minimum atomic E-state index is 0. The van der Waals surface area contributed by atoms with Crippen LogP contribution in [0.25, 0.3) is 0 Å². The first-order chi connectivity index (χ1) is 11.1. The van der Waals surface area contributed by atoms with Gasteiger partial charge in [-0.15, -0.1) is 12.4 Å². The minimum absolute atomic E-state index is 0. The standard InChI is InChI=1S/C19H29ClN2O.ClH/c1-19(2,15-7-3-4-8-16(15)20)13-22-17-9-5-6-14(17)18-12-23-11-10-21-18;/h3-4,7-8,14,17-18,21-22H,5-6,9-13H2,1-2H3;1H. The number of halogens is 2. The van der Waals surface area contributed by atoms with Crippen LogP contribution in [0.1, 0.15) is 38.7 Å². The molecule has 2 fully saturated rings. The molecule has 1 saturated carbocycles. The Kier molecular flexibility index (Phi) is 7.39. The number of ether oxygens (including phenoxy) is 1. The highest BCUT2D eigenvalue weighted by molar-refractivity contribution is 6.31. The molecule has 3 atom stereocenters. The summed E-state index contributed by atoms with van der Waals surface area (Å²) < 4.78 is 5.67. The first-order valence-corrected chi connectivity index (χ1v) is 9.25. The molecule has 0 amide bonds. The van der Waals surface area contributed by atoms with Crippen molar-refractivity contribution in [3.8, 4) is 0 Å². The maximum atomic E-state index is 6.40. The second-order valence-corrected chi connectivity index (χ2v) is 7.99. The second kappa shape index (κ2) is 8.86. The van der Waals surface area contributed by atoms with Gasteiger partial charge in [-0.3, -0.25) is 0 Å². The SMILES string of the molecule is CC(C)(CNC1CCCC1C1COCCN1)c1ccccc1Cl.Cl. The van der Waals surface area contributed by atoms with E-state index in [1.165, 1.54) is 24.8 Å². The quantitative estimate of drug-likeness (QED) is 0.824. The highest BCUT2D eigenvalue weighted by atomic mass is 35.5. The first-order valence-electron chi connectivity index (χ1n) is 8.87. The Morgan fingerprint density at radius 1 is 1.29 bits per heavy atom. The Balaban J connectivity index is 0.00000208. The summed E-state index contributed by atoms with van der Waals surface area (Å²) in [4.78, 5) is 0. The zero-order chi connectivity index (χ0) is 16.3. The number of hydrogen-bond acceptors (Lipinski definition) is 3. The van der Waals surface area contributed by atoms with E-state index >= 15 is 0 Å². The van der Waals surface area contributed by atoms with Gasteiger partial charge in [0.05, 0.1) is 13.2 Å². The lowest BCUT2D eigenvalue weighted by Crippen LogP contribution is -2.52. The van der Waals surface area contributed by atoms with Gasteiger partial charge in [-0.2, -0.15) is 0 Å². The van der Waals surface area contributed by atoms with Crippen LogP contribution < -0.4 is 10.6 Å². The largest absolute Gasteiger partial charge is 0.379 e. The summed E-state index contributed by atoms with van der Waals surface area (Å²) in [5.74, 6) is 0.678. The van der Waals surface area contributed by atoms with Crippen LogP contribution in [0.4, 0.5) is 0 Å². The molecular weight excluding hydrogens is 343 g/mol. The van der Waals surface area contributed by atoms with Crippen molar-refractivity contribution in [1.29, 1.82) is 0 Å². The molecular formula is C19H30Cl2N2O. The molecule has 3 nitrogen and oxygen atoms in total. The van der Waals surface area contributed by atoms with Crippen LogP contribution in [0.2, 0.25) is 5.02 Å². The van der Waals surface area contributed by atoms with Crippen molar-refractivity contribution >= 4 is 24.0 Å². The Hall–Kier alpha value is -0.320. The third-order valence-corrected chi connectivity index (χ3v) is 5.78. The fourth-order valence-corrected chi connectivity index (χ4v) is 4.47. The van der Waals surface area contributed by atoms with Crippen LogP contribution in [0, 0.1) is 5.92 Å². The highest BCUT2D eigenvalue weighted by Gasteiger charge is 2.35. The minimum Gasteiger partial charge on any atom is -0.379 e. The molecule has 0 bridgehead atoms. The van der Waals surface area contributed by atoms with Crippen LogP contribution in [0.15, 0.2) is 24.3 Å². The van der Waals surface area contributed by atoms with Crippen molar-refractivity contribution in [2.24, 2.45) is 5.92 Å². The van der Waals surface area contributed by atoms with E-state index in [2.05, 4.69) is 36.6 Å². The average Bonchev–Trinajstić information content (AvgIpc) is 3.03. The fourth-order valence-electron chi connectivity index (χ4n) is 4.08. The van der Waals surface area contributed by atoms with Crippen LogP contribution in [0.5, 0.6) is 0 Å². The molecule has 1 aromatic rings. The number of nitrogens with one attached hydrogen (secondary N) is 2. The van der Waals surface area contributed by atoms with E-state index in [0.29, 0.717) is 18.0 Å². The summed E-state index contributed by atoms with van der Waals surface area (Å²) in [5.41, 5.74) is 1.25. The van der Waals surface area contributed by atoms with Crippen LogP contribution in [-0.4, -0.2) is 38.4 Å². The maximum Gasteiger partial charge on any atom is 0.0623 e. The summed E-state index contributed by atoms with van der Waals surface area (Å²) in [6.07, 6.45) is 3.87. The van der Waals surface area contributed by atoms with E-state index in [0.717, 1.165) is 31.3 Å². The Bertz CT molecular complexity index is 518. The molecule has 136 valence electrons. The molecule has 1 aromatic carbocycles. The Morgan fingerprint density at radius 2 is 2.08 bits per heavy atom. The molecule has 1 heterocycles. The van der Waals surface area contributed by atoms with E-state index in [-0.39, 0.29) is 17.8 Å². The molecule has 3 rings (SSSR count). The molecule has 0 radical (unpaired) electrons. The zero-order valence-corrected chi connectivity index (χ0v) is 16.3. The molecule has 1 aliphatic carbocycles. The lowest BCUT2D eigenvalue weighted by Gasteiger charge is -2.35. The molecule has 1 aliphatic heterocycles. The lowest BCUT2D eigenvalue weighted by atomic mass is 9.83. The third kappa shape index (κ3) is 4.64. The van der Waals surface area contributed by atoms with Crippen molar-refractivity contribution in [1.82, 2.24) is 10.6 Å². The summed E-state index contributed by atoms with van der Waals surface area (Å²) in [5, 5.41) is 8.35. The smallest absolute Gasteiger partial charge is 0.0623 e. The van der Waals surface area contributed by atoms with Gasteiger partial charge >= 0.3 is 0 Å². The van der Waals surface area contributed by atoms with Crippen molar-refractivity contribution < 1.29 is 4.74 Å². The molecule has 0 spiro atoms. The third-order valence-electron chi connectivity index (χ3n) is 5.45. The molecule has 3 unspecified atom stereocenters. The monoisotopic (exact) mass is 372 g/mol. The second-order valence-electron chi connectivity index (χ2n) is 7.58. The van der Waals surface area contributed by atoms with E-state index in [1.807, 2.05) is 12.1 Å². The van der Waals surface area contributed by atoms with Gasteiger partial charge in [0.1, 0.15) is 0 Å². The van der Waals surface area contributed by atoms with Gasteiger partial charge in [0.2, 0.25) is 0 Å². The molecule has 24 heavy (non-hydrogen) atoms. The van der Waals surface area contributed by atoms with Gasteiger partial charge in [0.25, 0.3) is 0 Å². The average molecular weight is 373 g/mol. The highest BCUT2D eigenvalue weighted by Crippen LogP contribution is 2.32. The van der Waals surface area contributed by atoms with Gasteiger partial charge in [-0.05, 0) is 30.4 Å². The van der Waals surface area contributed by atoms with E-state index in [9.17, 15) is 0 Å². The topological polar surface area (TPSA) is 33.3 Å². The van der Waals surface area contributed by atoms with E-state index in [1.54, 1.807) is 0 Å². The van der Waals surface area contributed by atoms with Gasteiger partial charge in [-0.25, -0.2) is 0 Å². The number of rotatable bonds is 5. The number of benzene rings is 1. The van der Waals surface area contributed by atoms with Gasteiger partial charge < -0.3 is 15.4 Å². The van der Waals surface area contributed by atoms with Crippen molar-refractivity contribution in [3.63, 3.8) is 0 Å². The summed E-state index contributed by atoms with van der Waals surface area (Å²) in [6, 6.07) is 9.29. The van der Waals surface area contributed by atoms with E-state index in [4.69, 9.17) is 16.3 Å². The molecule has 1 saturated heterocycles. The van der Waals surface area contributed by atoms with Crippen LogP contribution in [-0.2, 0) is 10.2 Å². The van der Waals surface area contributed by atoms with Gasteiger partial charge in [0.15, 0.2) is 0 Å². The molecule has 2 N–H and O–H groups in total.